The van der Waals surface area contributed by atoms with Crippen LogP contribution in [0, 0.1) is 0 Å². The van der Waals surface area contributed by atoms with Crippen LogP contribution < -0.4 is 21.2 Å². The SMILES string of the molecule is O=C(NO)c1cc(Cl)ccc1[O-].O=C(NO)c1cc(Cl)ccc1[O-].[O]=[V+2]. The van der Waals surface area contributed by atoms with Crippen molar-refractivity contribution < 1.29 is 51.3 Å². The molecule has 0 aliphatic carbocycles. The van der Waals surface area contributed by atoms with Crippen LogP contribution >= 0.6 is 23.2 Å². The molecular weight excluding hydrogens is 430 g/mol. The van der Waals surface area contributed by atoms with E-state index >= 15 is 0 Å². The number of benzene rings is 2. The molecule has 0 fully saturated rings. The Balaban J connectivity index is 0.000000439. The first kappa shape index (κ1) is 23.9. The average molecular weight is 440 g/mol. The second kappa shape index (κ2) is 12.3. The molecular formula is C14H10Cl2N2O7V. The van der Waals surface area contributed by atoms with E-state index in [-0.39, 0.29) is 21.2 Å². The van der Waals surface area contributed by atoms with Crippen molar-refractivity contribution in [3.05, 3.63) is 57.6 Å². The first-order valence-electron chi connectivity index (χ1n) is 6.30. The van der Waals surface area contributed by atoms with Gasteiger partial charge < -0.3 is 10.2 Å². The molecule has 0 radical (unpaired) electrons. The van der Waals surface area contributed by atoms with Crippen molar-refractivity contribution in [3.8, 4) is 11.5 Å². The molecule has 0 aliphatic rings. The van der Waals surface area contributed by atoms with Gasteiger partial charge in [-0.1, -0.05) is 46.8 Å². The zero-order chi connectivity index (χ0) is 20.3. The van der Waals surface area contributed by atoms with Crippen LogP contribution in [0.3, 0.4) is 0 Å². The molecule has 0 saturated heterocycles. The van der Waals surface area contributed by atoms with Crippen molar-refractivity contribution in [1.82, 2.24) is 11.0 Å². The minimum absolute atomic E-state index is 0.176. The fourth-order valence-electron chi connectivity index (χ4n) is 1.48. The zero-order valence-corrected chi connectivity index (χ0v) is 15.5. The van der Waals surface area contributed by atoms with Crippen molar-refractivity contribution in [1.29, 1.82) is 0 Å². The van der Waals surface area contributed by atoms with Gasteiger partial charge in [0.2, 0.25) is 0 Å². The van der Waals surface area contributed by atoms with Gasteiger partial charge in [-0.25, -0.2) is 11.0 Å². The molecule has 0 atom stereocenters. The third kappa shape index (κ3) is 7.40. The van der Waals surface area contributed by atoms with Crippen LogP contribution in [0.2, 0.25) is 10.0 Å². The van der Waals surface area contributed by atoms with E-state index in [1.54, 1.807) is 0 Å². The molecule has 4 N–H and O–H groups in total. The molecule has 0 spiro atoms. The molecule has 12 heteroatoms. The van der Waals surface area contributed by atoms with Crippen LogP contribution in [0.25, 0.3) is 0 Å². The Hall–Kier alpha value is -2.14. The molecule has 137 valence electrons. The van der Waals surface area contributed by atoms with Gasteiger partial charge in [-0.15, -0.1) is 0 Å². The summed E-state index contributed by atoms with van der Waals surface area (Å²) in [5, 5.41) is 38.9. The average Bonchev–Trinajstić information content (AvgIpc) is 2.66. The van der Waals surface area contributed by atoms with Crippen molar-refractivity contribution in [2.45, 2.75) is 0 Å². The zero-order valence-electron chi connectivity index (χ0n) is 12.6. The minimum atomic E-state index is -0.859. The molecule has 0 saturated carbocycles. The molecule has 26 heavy (non-hydrogen) atoms. The molecule has 2 aromatic carbocycles. The number of amides is 2. The van der Waals surface area contributed by atoms with E-state index in [0.29, 0.717) is 0 Å². The summed E-state index contributed by atoms with van der Waals surface area (Å²) in [5.74, 6) is -2.68. The number of hydrogen-bond donors (Lipinski definition) is 4. The molecule has 0 bridgehead atoms. The van der Waals surface area contributed by atoms with Gasteiger partial charge in [0.1, 0.15) is 0 Å². The number of hydrogen-bond acceptors (Lipinski definition) is 7. The number of carbonyl (C=O) groups is 2. The van der Waals surface area contributed by atoms with Crippen molar-refractivity contribution >= 4 is 35.0 Å². The Morgan fingerprint density at radius 3 is 1.38 bits per heavy atom. The second-order valence-corrected chi connectivity index (χ2v) is 5.04. The topological polar surface area (TPSA) is 162 Å². The Labute approximate surface area is 166 Å². The monoisotopic (exact) mass is 439 g/mol. The molecule has 0 aliphatic heterocycles. The van der Waals surface area contributed by atoms with Crippen molar-refractivity contribution in [2.24, 2.45) is 0 Å². The van der Waals surface area contributed by atoms with Crippen LogP contribution in [-0.4, -0.2) is 22.2 Å². The van der Waals surface area contributed by atoms with Crippen LogP contribution in [0.5, 0.6) is 11.5 Å². The molecule has 2 amide bonds. The van der Waals surface area contributed by atoms with Gasteiger partial charge in [0.05, 0.1) is 0 Å². The summed E-state index contributed by atoms with van der Waals surface area (Å²) < 4.78 is 8.19. The standard InChI is InChI=1S/2C7H6ClNO3.O.V/c2*8-4-1-2-6(10)5(3-4)7(11)9-12;;/h2*1-3,10,12H,(H,9,11);;/q;;;+2/p-2. The normalized spacial score (nSPS) is 9.00. The van der Waals surface area contributed by atoms with E-state index in [1.165, 1.54) is 35.2 Å². The van der Waals surface area contributed by atoms with Gasteiger partial charge >= 0.3 is 21.0 Å². The summed E-state index contributed by atoms with van der Waals surface area (Å²) in [6.07, 6.45) is 0. The molecule has 9 nitrogen and oxygen atoms in total. The second-order valence-electron chi connectivity index (χ2n) is 4.16. The Kier molecular flexibility index (Phi) is 11.2. The Morgan fingerprint density at radius 2 is 1.12 bits per heavy atom. The Morgan fingerprint density at radius 1 is 0.808 bits per heavy atom. The number of carbonyl (C=O) groups excluding carboxylic acids is 2. The van der Waals surface area contributed by atoms with Gasteiger partial charge in [-0.2, -0.15) is 0 Å². The summed E-state index contributed by atoms with van der Waals surface area (Å²) in [6.45, 7) is 0. The van der Waals surface area contributed by atoms with Crippen molar-refractivity contribution in [3.63, 3.8) is 0 Å². The third-order valence-electron chi connectivity index (χ3n) is 2.58. The first-order chi connectivity index (χ1) is 12.3. The van der Waals surface area contributed by atoms with E-state index in [2.05, 4.69) is 0 Å². The van der Waals surface area contributed by atoms with Gasteiger partial charge in [0.25, 0.3) is 11.8 Å². The van der Waals surface area contributed by atoms with Gasteiger partial charge in [0.15, 0.2) is 0 Å². The predicted octanol–water partition coefficient (Wildman–Crippen LogP) is 0.944. The maximum atomic E-state index is 10.9. The van der Waals surface area contributed by atoms with Gasteiger partial charge in [-0.05, 0) is 24.3 Å². The fourth-order valence-corrected chi connectivity index (χ4v) is 1.82. The predicted molar refractivity (Wildman–Crippen MR) is 81.0 cm³/mol. The quantitative estimate of drug-likeness (QED) is 0.399. The van der Waals surface area contributed by atoms with Crippen LogP contribution in [0.15, 0.2) is 36.4 Å². The number of rotatable bonds is 2. The molecule has 0 unspecified atom stereocenters. The van der Waals surface area contributed by atoms with Gasteiger partial charge in [-0.3, -0.25) is 20.0 Å². The fraction of sp³-hybridized carbons (Fsp3) is 0. The summed E-state index contributed by atoms with van der Waals surface area (Å²) >= 11 is 12.1. The summed E-state index contributed by atoms with van der Waals surface area (Å²) in [4.78, 5) is 21.5. The Bertz CT molecular complexity index is 713. The van der Waals surface area contributed by atoms with E-state index in [1.807, 2.05) is 0 Å². The molecule has 2 aromatic rings. The molecule has 0 heterocycles. The van der Waals surface area contributed by atoms with E-state index < -0.39 is 23.3 Å². The van der Waals surface area contributed by atoms with Crippen LogP contribution in [-0.2, 0) is 21.0 Å². The number of halogens is 2. The van der Waals surface area contributed by atoms with E-state index in [4.69, 9.17) is 37.3 Å². The van der Waals surface area contributed by atoms with E-state index in [0.717, 1.165) is 29.5 Å². The van der Waals surface area contributed by atoms with Gasteiger partial charge in [0, 0.05) is 21.2 Å². The van der Waals surface area contributed by atoms with Crippen molar-refractivity contribution in [2.75, 3.05) is 0 Å². The summed E-state index contributed by atoms with van der Waals surface area (Å²) in [7, 11) is 0. The maximum absolute atomic E-state index is 10.9. The molecule has 0 aromatic heterocycles. The number of nitrogens with one attached hydrogen (secondary N) is 2. The number of hydroxylamine groups is 2. The molecule has 2 rings (SSSR count). The first-order valence-corrected chi connectivity index (χ1v) is 7.63. The summed E-state index contributed by atoms with van der Waals surface area (Å²) in [6, 6.07) is 7.45. The van der Waals surface area contributed by atoms with Crippen LogP contribution in [0.1, 0.15) is 20.7 Å². The summed E-state index contributed by atoms with van der Waals surface area (Å²) in [5.41, 5.74) is 2.35. The van der Waals surface area contributed by atoms with Crippen LogP contribution in [0.4, 0.5) is 0 Å². The third-order valence-corrected chi connectivity index (χ3v) is 3.05. The van der Waals surface area contributed by atoms with E-state index in [9.17, 15) is 19.8 Å².